The molecule has 0 unspecified atom stereocenters. The van der Waals surface area contributed by atoms with E-state index in [2.05, 4.69) is 25.7 Å². The average Bonchev–Trinajstić information content (AvgIpc) is 2.41. The SMILES string of the molecule is COC(=O)Cc1ccc(Oc2cccc(Br)n2)cc1. The molecule has 0 spiro atoms. The highest BCUT2D eigenvalue weighted by Crippen LogP contribution is 2.21. The smallest absolute Gasteiger partial charge is 0.309 e. The van der Waals surface area contributed by atoms with Gasteiger partial charge in [0.25, 0.3) is 0 Å². The number of nitrogens with zero attached hydrogens (tertiary/aromatic N) is 1. The van der Waals surface area contributed by atoms with Gasteiger partial charge in [-0.05, 0) is 39.7 Å². The molecule has 0 atom stereocenters. The lowest BCUT2D eigenvalue weighted by atomic mass is 10.1. The van der Waals surface area contributed by atoms with E-state index in [1.807, 2.05) is 24.3 Å². The van der Waals surface area contributed by atoms with Gasteiger partial charge in [0.1, 0.15) is 10.4 Å². The molecule has 1 aromatic heterocycles. The van der Waals surface area contributed by atoms with Crippen molar-refractivity contribution in [1.82, 2.24) is 4.98 Å². The summed E-state index contributed by atoms with van der Waals surface area (Å²) in [6.45, 7) is 0. The Morgan fingerprint density at radius 2 is 1.95 bits per heavy atom. The van der Waals surface area contributed by atoms with Crippen LogP contribution < -0.4 is 4.74 Å². The summed E-state index contributed by atoms with van der Waals surface area (Å²) in [6.07, 6.45) is 0.256. The molecule has 5 heteroatoms. The molecule has 0 N–H and O–H groups in total. The van der Waals surface area contributed by atoms with Crippen molar-refractivity contribution in [3.63, 3.8) is 0 Å². The number of carbonyl (C=O) groups is 1. The highest BCUT2D eigenvalue weighted by atomic mass is 79.9. The highest BCUT2D eigenvalue weighted by molar-refractivity contribution is 9.10. The van der Waals surface area contributed by atoms with Gasteiger partial charge < -0.3 is 9.47 Å². The zero-order chi connectivity index (χ0) is 13.7. The van der Waals surface area contributed by atoms with Crippen molar-refractivity contribution in [3.8, 4) is 11.6 Å². The summed E-state index contributed by atoms with van der Waals surface area (Å²) < 4.78 is 10.9. The van der Waals surface area contributed by atoms with Crippen LogP contribution in [0.15, 0.2) is 47.1 Å². The van der Waals surface area contributed by atoms with Gasteiger partial charge in [-0.2, -0.15) is 0 Å². The molecule has 4 nitrogen and oxygen atoms in total. The second kappa shape index (κ2) is 6.33. The van der Waals surface area contributed by atoms with Gasteiger partial charge in [-0.3, -0.25) is 4.79 Å². The third-order valence-electron chi connectivity index (χ3n) is 2.41. The number of aromatic nitrogens is 1. The third-order valence-corrected chi connectivity index (χ3v) is 2.85. The molecule has 0 fully saturated rings. The van der Waals surface area contributed by atoms with E-state index in [-0.39, 0.29) is 12.4 Å². The Balaban J connectivity index is 2.04. The second-order valence-electron chi connectivity index (χ2n) is 3.80. The minimum atomic E-state index is -0.262. The fraction of sp³-hybridized carbons (Fsp3) is 0.143. The molecule has 0 saturated carbocycles. The molecule has 0 bridgehead atoms. The van der Waals surface area contributed by atoms with Crippen LogP contribution in [0.25, 0.3) is 0 Å². The molecule has 0 aliphatic rings. The van der Waals surface area contributed by atoms with Crippen molar-refractivity contribution >= 4 is 21.9 Å². The summed E-state index contributed by atoms with van der Waals surface area (Å²) in [5.41, 5.74) is 0.876. The Hall–Kier alpha value is -1.88. The van der Waals surface area contributed by atoms with Crippen LogP contribution in [0.1, 0.15) is 5.56 Å². The summed E-state index contributed by atoms with van der Waals surface area (Å²) in [5, 5.41) is 0. The van der Waals surface area contributed by atoms with E-state index < -0.39 is 0 Å². The first-order chi connectivity index (χ1) is 9.17. The summed E-state index contributed by atoms with van der Waals surface area (Å²) in [5.74, 6) is 0.914. The van der Waals surface area contributed by atoms with Crippen LogP contribution in [0.5, 0.6) is 11.6 Å². The summed E-state index contributed by atoms with van der Waals surface area (Å²) in [4.78, 5) is 15.3. The first kappa shape index (κ1) is 13.5. The monoisotopic (exact) mass is 321 g/mol. The molecule has 2 rings (SSSR count). The number of ether oxygens (including phenoxy) is 2. The van der Waals surface area contributed by atoms with Crippen LogP contribution in [0.2, 0.25) is 0 Å². The maximum atomic E-state index is 11.1. The Morgan fingerprint density at radius 1 is 1.21 bits per heavy atom. The van der Waals surface area contributed by atoms with Gasteiger partial charge in [0.15, 0.2) is 0 Å². The van der Waals surface area contributed by atoms with Gasteiger partial charge in [-0.15, -0.1) is 0 Å². The number of hydrogen-bond acceptors (Lipinski definition) is 4. The summed E-state index contributed by atoms with van der Waals surface area (Å²) >= 11 is 3.28. The highest BCUT2D eigenvalue weighted by Gasteiger charge is 2.04. The Kier molecular flexibility index (Phi) is 4.52. The Labute approximate surface area is 119 Å². The van der Waals surface area contributed by atoms with Crippen molar-refractivity contribution in [2.24, 2.45) is 0 Å². The zero-order valence-electron chi connectivity index (χ0n) is 10.3. The number of rotatable bonds is 4. The fourth-order valence-corrected chi connectivity index (χ4v) is 1.81. The van der Waals surface area contributed by atoms with E-state index in [4.69, 9.17) is 4.74 Å². The van der Waals surface area contributed by atoms with Crippen molar-refractivity contribution in [2.45, 2.75) is 6.42 Å². The first-order valence-electron chi connectivity index (χ1n) is 5.63. The molecule has 1 aromatic carbocycles. The van der Waals surface area contributed by atoms with Gasteiger partial charge in [-0.1, -0.05) is 18.2 Å². The molecule has 0 saturated heterocycles. The van der Waals surface area contributed by atoms with Crippen molar-refractivity contribution < 1.29 is 14.3 Å². The van der Waals surface area contributed by atoms with Gasteiger partial charge in [0.2, 0.25) is 5.88 Å². The first-order valence-corrected chi connectivity index (χ1v) is 6.43. The lowest BCUT2D eigenvalue weighted by molar-refractivity contribution is -0.139. The molecule has 1 heterocycles. The number of hydrogen-bond donors (Lipinski definition) is 0. The van der Waals surface area contributed by atoms with Crippen molar-refractivity contribution in [2.75, 3.05) is 7.11 Å². The van der Waals surface area contributed by atoms with Crippen LogP contribution in [-0.4, -0.2) is 18.1 Å². The van der Waals surface area contributed by atoms with Crippen molar-refractivity contribution in [3.05, 3.63) is 52.6 Å². The second-order valence-corrected chi connectivity index (χ2v) is 4.61. The van der Waals surface area contributed by atoms with E-state index in [1.54, 1.807) is 18.2 Å². The van der Waals surface area contributed by atoms with Crippen LogP contribution >= 0.6 is 15.9 Å². The Bertz CT molecular complexity index is 569. The molecular weight excluding hydrogens is 310 g/mol. The summed E-state index contributed by atoms with van der Waals surface area (Å²) in [7, 11) is 1.37. The molecule has 0 aliphatic heterocycles. The van der Waals surface area contributed by atoms with Crippen molar-refractivity contribution in [1.29, 1.82) is 0 Å². The van der Waals surface area contributed by atoms with Crippen LogP contribution in [0.4, 0.5) is 0 Å². The van der Waals surface area contributed by atoms with Gasteiger partial charge in [0.05, 0.1) is 13.5 Å². The topological polar surface area (TPSA) is 48.4 Å². The largest absolute Gasteiger partial charge is 0.469 e. The molecule has 19 heavy (non-hydrogen) atoms. The minimum absolute atomic E-state index is 0.256. The van der Waals surface area contributed by atoms with Gasteiger partial charge in [-0.25, -0.2) is 4.98 Å². The lowest BCUT2D eigenvalue weighted by Crippen LogP contribution is -2.04. The number of pyridine rings is 1. The minimum Gasteiger partial charge on any atom is -0.469 e. The van der Waals surface area contributed by atoms with E-state index in [0.29, 0.717) is 16.2 Å². The fourth-order valence-electron chi connectivity index (χ4n) is 1.48. The molecular formula is C14H12BrNO3. The predicted molar refractivity (Wildman–Crippen MR) is 74.2 cm³/mol. The standard InChI is InChI=1S/C14H12BrNO3/c1-18-14(17)9-10-5-7-11(8-6-10)19-13-4-2-3-12(15)16-13/h2-8H,9H2,1H3. The predicted octanol–water partition coefficient (Wildman–Crippen LogP) is 3.35. The van der Waals surface area contributed by atoms with Gasteiger partial charge in [0, 0.05) is 6.07 Å². The normalized spacial score (nSPS) is 10.0. The van der Waals surface area contributed by atoms with Crippen LogP contribution in [0, 0.1) is 0 Å². The van der Waals surface area contributed by atoms with E-state index in [9.17, 15) is 4.79 Å². The zero-order valence-corrected chi connectivity index (χ0v) is 11.9. The molecule has 0 amide bonds. The summed E-state index contributed by atoms with van der Waals surface area (Å²) in [6, 6.07) is 12.7. The molecule has 98 valence electrons. The Morgan fingerprint density at radius 3 is 2.58 bits per heavy atom. The number of halogens is 1. The number of methoxy groups -OCH3 is 1. The van der Waals surface area contributed by atoms with E-state index in [1.165, 1.54) is 7.11 Å². The molecule has 0 aliphatic carbocycles. The molecule has 2 aromatic rings. The van der Waals surface area contributed by atoms with Crippen LogP contribution in [0.3, 0.4) is 0 Å². The third kappa shape index (κ3) is 4.06. The van der Waals surface area contributed by atoms with Crippen LogP contribution in [-0.2, 0) is 16.0 Å². The average molecular weight is 322 g/mol. The maximum Gasteiger partial charge on any atom is 0.309 e. The van der Waals surface area contributed by atoms with Gasteiger partial charge >= 0.3 is 5.97 Å². The number of carbonyl (C=O) groups excluding carboxylic acids is 1. The number of benzene rings is 1. The molecule has 0 radical (unpaired) electrons. The van der Waals surface area contributed by atoms with E-state index in [0.717, 1.165) is 5.56 Å². The maximum absolute atomic E-state index is 11.1. The number of esters is 1. The van der Waals surface area contributed by atoms with E-state index >= 15 is 0 Å². The quantitative estimate of drug-likeness (QED) is 0.640. The lowest BCUT2D eigenvalue weighted by Gasteiger charge is -2.06.